The number of amides is 1. The molecule has 1 amide bonds. The zero-order chi connectivity index (χ0) is 13.8. The average molecular weight is 247 g/mol. The Balaban J connectivity index is 2.70. The molecule has 0 bridgehead atoms. The van der Waals surface area contributed by atoms with Gasteiger partial charge in [-0.25, -0.2) is 0 Å². The predicted molar refractivity (Wildman–Crippen MR) is 68.5 cm³/mol. The predicted octanol–water partition coefficient (Wildman–Crippen LogP) is 1.04. The molecule has 0 aromatic rings. The Hall–Kier alpha value is -1.51. The third kappa shape index (κ3) is 4.40. The number of carbonyl (C=O) groups is 1. The van der Waals surface area contributed by atoms with Gasteiger partial charge in [-0.2, -0.15) is 0 Å². The topological polar surface area (TPSA) is 82.3 Å². The molecule has 1 aliphatic carbocycles. The van der Waals surface area contributed by atoms with E-state index >= 15 is 0 Å². The van der Waals surface area contributed by atoms with Crippen molar-refractivity contribution in [3.8, 4) is 6.07 Å². The molecule has 0 saturated heterocycles. The first-order valence-electron chi connectivity index (χ1n) is 6.02. The van der Waals surface area contributed by atoms with Gasteiger partial charge in [0.05, 0.1) is 0 Å². The van der Waals surface area contributed by atoms with Gasteiger partial charge in [0.1, 0.15) is 0 Å². The number of nitrogens with zero attached hydrogens (tertiary/aromatic N) is 2. The second kappa shape index (κ2) is 5.43. The quantitative estimate of drug-likeness (QED) is 0.582. The van der Waals surface area contributed by atoms with E-state index in [1.165, 1.54) is 0 Å². The summed E-state index contributed by atoms with van der Waals surface area (Å²) in [6.07, 6.45) is 3.01. The average Bonchev–Trinajstić information content (AvgIpc) is 3.03. The van der Waals surface area contributed by atoms with Crippen LogP contribution in [0, 0.1) is 16.7 Å². The second-order valence-electron chi connectivity index (χ2n) is 5.90. The number of rotatable bonds is 5. The molecule has 0 spiro atoms. The summed E-state index contributed by atoms with van der Waals surface area (Å²) >= 11 is 0. The summed E-state index contributed by atoms with van der Waals surface area (Å²) < 4.78 is 10.3. The molecule has 5 nitrogen and oxygen atoms in total. The molecular formula is C12H18BN3O2. The van der Waals surface area contributed by atoms with Crippen LogP contribution in [0.15, 0.2) is 4.99 Å². The normalized spacial score (nSPS) is 18.8. The van der Waals surface area contributed by atoms with Gasteiger partial charge in [-0.1, -0.05) is 0 Å². The van der Waals surface area contributed by atoms with Gasteiger partial charge in [-0.15, -0.1) is 0 Å². The summed E-state index contributed by atoms with van der Waals surface area (Å²) in [5, 5.41) is 11.7. The first-order valence-corrected chi connectivity index (χ1v) is 6.02. The van der Waals surface area contributed by atoms with E-state index < -0.39 is 11.6 Å². The fourth-order valence-corrected chi connectivity index (χ4v) is 1.64. The van der Waals surface area contributed by atoms with Gasteiger partial charge in [0.25, 0.3) is 0 Å². The molecule has 0 aromatic carbocycles. The Kier molecular flexibility index (Phi) is 4.39. The zero-order valence-corrected chi connectivity index (χ0v) is 11.1. The molecule has 1 unspecified atom stereocenters. The Labute approximate surface area is 108 Å². The van der Waals surface area contributed by atoms with Crippen molar-refractivity contribution in [3.63, 3.8) is 0 Å². The van der Waals surface area contributed by atoms with Crippen LogP contribution in [0.4, 0.5) is 0 Å². The van der Waals surface area contributed by atoms with Crippen LogP contribution < -0.4 is 5.32 Å². The number of nitriles is 1. The van der Waals surface area contributed by atoms with Crippen LogP contribution >= 0.6 is 0 Å². The monoisotopic (exact) mass is 247 g/mol. The first-order chi connectivity index (χ1) is 8.32. The maximum absolute atomic E-state index is 12.0. The van der Waals surface area contributed by atoms with Crippen molar-refractivity contribution in [1.29, 1.82) is 5.26 Å². The van der Waals surface area contributed by atoms with Gasteiger partial charge < -0.3 is 0 Å². The van der Waals surface area contributed by atoms with Gasteiger partial charge in [0, 0.05) is 0 Å². The van der Waals surface area contributed by atoms with Gasteiger partial charge in [-0.05, 0) is 0 Å². The van der Waals surface area contributed by atoms with Crippen LogP contribution in [-0.2, 0) is 9.50 Å². The molecule has 96 valence electrons. The molecule has 0 aromatic heterocycles. The Morgan fingerprint density at radius 2 is 2.22 bits per heavy atom. The van der Waals surface area contributed by atoms with Gasteiger partial charge in [-0.3, -0.25) is 0 Å². The number of hydrogen-bond donors (Lipinski definition) is 1. The van der Waals surface area contributed by atoms with Crippen molar-refractivity contribution in [3.05, 3.63) is 0 Å². The van der Waals surface area contributed by atoms with E-state index in [2.05, 4.69) is 16.4 Å². The van der Waals surface area contributed by atoms with Crippen molar-refractivity contribution in [2.45, 2.75) is 51.6 Å². The third-order valence-electron chi connectivity index (χ3n) is 2.76. The van der Waals surface area contributed by atoms with Crippen molar-refractivity contribution < 1.29 is 9.50 Å². The molecule has 18 heavy (non-hydrogen) atoms. The Morgan fingerprint density at radius 3 is 2.61 bits per heavy atom. The molecule has 1 saturated carbocycles. The third-order valence-corrected chi connectivity index (χ3v) is 2.76. The number of nitrogens with one attached hydrogen (secondary N) is 1. The van der Waals surface area contributed by atoms with Gasteiger partial charge in [0.15, 0.2) is 0 Å². The molecule has 6 heteroatoms. The van der Waals surface area contributed by atoms with Crippen LogP contribution in [0.1, 0.15) is 40.0 Å². The summed E-state index contributed by atoms with van der Waals surface area (Å²) in [6, 6.07) is 1.49. The number of carbonyl (C=O) groups excluding carboxylic acids is 1. The second-order valence-corrected chi connectivity index (χ2v) is 5.90. The molecule has 1 fully saturated rings. The zero-order valence-electron chi connectivity index (χ0n) is 11.1. The molecular weight excluding hydrogens is 229 g/mol. The molecule has 0 radical (unpaired) electrons. The Bertz CT molecular complexity index is 403. The fourth-order valence-electron chi connectivity index (χ4n) is 1.64. The van der Waals surface area contributed by atoms with E-state index in [9.17, 15) is 9.50 Å². The van der Waals surface area contributed by atoms with Crippen molar-refractivity contribution >= 4 is 19.2 Å². The van der Waals surface area contributed by atoms with Crippen LogP contribution in [0.5, 0.6) is 0 Å². The van der Waals surface area contributed by atoms with Crippen LogP contribution in [0.25, 0.3) is 0 Å². The first kappa shape index (κ1) is 14.6. The van der Waals surface area contributed by atoms with Gasteiger partial charge >= 0.3 is 107 Å². The number of aliphatic imine (C=N–C) groups is 1. The van der Waals surface area contributed by atoms with Gasteiger partial charge in [0.2, 0.25) is 0 Å². The number of hydrogen-bond acceptors (Lipinski definition) is 4. The summed E-state index contributed by atoms with van der Waals surface area (Å²) in [5.41, 5.74) is -0.768. The van der Waals surface area contributed by atoms with Crippen LogP contribution in [0.2, 0.25) is 0 Å². The SMILES string of the molecule is CC(C)(C)CC(N=CB=O)C(=O)NC1(C#N)CC1. The standard InChI is InChI=1S/C12H18BN3O2/c1-11(2,3)6-9(15-8-13-18)10(17)16-12(7-14)4-5-12/h8-9H,4-6H2,1-3H3,(H,16,17). The summed E-state index contributed by atoms with van der Waals surface area (Å²) in [5.74, 6) is -0.276. The van der Waals surface area contributed by atoms with E-state index in [0.29, 0.717) is 26.4 Å². The van der Waals surface area contributed by atoms with E-state index in [-0.39, 0.29) is 11.3 Å². The van der Waals surface area contributed by atoms with E-state index in [4.69, 9.17) is 5.26 Å². The van der Waals surface area contributed by atoms with E-state index in [1.807, 2.05) is 20.8 Å². The maximum atomic E-state index is 12.0. The fraction of sp³-hybridized carbons (Fsp3) is 0.750. The minimum atomic E-state index is -0.691. The van der Waals surface area contributed by atoms with Crippen molar-refractivity contribution in [2.75, 3.05) is 0 Å². The van der Waals surface area contributed by atoms with E-state index in [0.717, 1.165) is 6.11 Å². The molecule has 1 aliphatic rings. The molecule has 0 aliphatic heterocycles. The summed E-state index contributed by atoms with van der Waals surface area (Å²) in [4.78, 5) is 16.0. The van der Waals surface area contributed by atoms with Crippen molar-refractivity contribution in [2.24, 2.45) is 10.4 Å². The summed E-state index contributed by atoms with van der Waals surface area (Å²) in [6.45, 7) is 6.00. The molecule has 0 heterocycles. The van der Waals surface area contributed by atoms with Crippen LogP contribution in [-0.4, -0.2) is 30.8 Å². The van der Waals surface area contributed by atoms with Crippen LogP contribution in [0.3, 0.4) is 0 Å². The molecule has 1 N–H and O–H groups in total. The molecule has 1 rings (SSSR count). The summed E-state index contributed by atoms with van der Waals surface area (Å²) in [7, 11) is 0.556. The van der Waals surface area contributed by atoms with E-state index in [1.54, 1.807) is 0 Å². The molecule has 1 atom stereocenters. The van der Waals surface area contributed by atoms with Crippen molar-refractivity contribution in [1.82, 2.24) is 5.32 Å². The minimum absolute atomic E-state index is 0.0778. The Morgan fingerprint density at radius 1 is 1.61 bits per heavy atom.